The molecule has 1 aliphatic rings. The number of fused-ring (bicyclic) bond motifs is 1. The zero-order valence-electron chi connectivity index (χ0n) is 22.9. The Kier molecular flexibility index (Phi) is 7.71. The number of hydrogen-bond acceptors (Lipinski definition) is 6. The van der Waals surface area contributed by atoms with Gasteiger partial charge in [0.25, 0.3) is 0 Å². The Balaban J connectivity index is 1.27. The molecule has 0 radical (unpaired) electrons. The third-order valence-electron chi connectivity index (χ3n) is 7.37. The number of hydrogen-bond donors (Lipinski definition) is 1. The van der Waals surface area contributed by atoms with Gasteiger partial charge < -0.3 is 19.1 Å². The maximum atomic E-state index is 15.4. The van der Waals surface area contributed by atoms with Crippen LogP contribution in [-0.2, 0) is 24.3 Å². The van der Waals surface area contributed by atoms with Crippen molar-refractivity contribution in [3.8, 4) is 23.2 Å². The molecule has 3 aromatic carbocycles. The van der Waals surface area contributed by atoms with Crippen LogP contribution in [0.1, 0.15) is 39.3 Å². The van der Waals surface area contributed by atoms with Crippen molar-refractivity contribution in [1.82, 2.24) is 14.5 Å². The maximum absolute atomic E-state index is 15.4. The van der Waals surface area contributed by atoms with Crippen molar-refractivity contribution in [3.63, 3.8) is 0 Å². The number of aromatic nitrogens is 3. The van der Waals surface area contributed by atoms with Crippen molar-refractivity contribution in [2.75, 3.05) is 6.61 Å². The third-order valence-corrected chi connectivity index (χ3v) is 7.37. The maximum Gasteiger partial charge on any atom is 0.338 e. The summed E-state index contributed by atoms with van der Waals surface area (Å²) in [7, 11) is 0. The molecule has 0 amide bonds. The summed E-state index contributed by atoms with van der Waals surface area (Å²) in [4.78, 5) is 20.2. The van der Waals surface area contributed by atoms with Crippen LogP contribution in [-0.4, -0.2) is 38.3 Å². The fourth-order valence-electron chi connectivity index (χ4n) is 4.95. The average Bonchev–Trinajstić information content (AvgIpc) is 3.30. The minimum atomic E-state index is -1.44. The number of pyridine rings is 1. The second kappa shape index (κ2) is 11.8. The number of halogens is 4. The summed E-state index contributed by atoms with van der Waals surface area (Å²) in [6.07, 6.45) is 0.408. The molecule has 1 N–H and O–H groups in total. The van der Waals surface area contributed by atoms with Gasteiger partial charge >= 0.3 is 5.97 Å². The molecule has 12 heteroatoms. The minimum absolute atomic E-state index is 0.0278. The van der Waals surface area contributed by atoms with Gasteiger partial charge in [-0.3, -0.25) is 0 Å². The van der Waals surface area contributed by atoms with Crippen molar-refractivity contribution >= 4 is 17.0 Å². The summed E-state index contributed by atoms with van der Waals surface area (Å²) in [6, 6.07) is 14.5. The van der Waals surface area contributed by atoms with Gasteiger partial charge in [-0.25, -0.2) is 32.3 Å². The van der Waals surface area contributed by atoms with Gasteiger partial charge in [0.1, 0.15) is 35.7 Å². The van der Waals surface area contributed by atoms with E-state index in [-0.39, 0.29) is 70.8 Å². The van der Waals surface area contributed by atoms with Crippen molar-refractivity contribution in [1.29, 1.82) is 5.26 Å². The van der Waals surface area contributed by atoms with Crippen molar-refractivity contribution < 1.29 is 36.9 Å². The molecule has 44 heavy (non-hydrogen) atoms. The van der Waals surface area contributed by atoms with Crippen LogP contribution in [0.25, 0.3) is 22.3 Å². The van der Waals surface area contributed by atoms with Gasteiger partial charge in [-0.05, 0) is 48.4 Å². The molecule has 6 rings (SSSR count). The van der Waals surface area contributed by atoms with Crippen LogP contribution in [0, 0.1) is 34.6 Å². The van der Waals surface area contributed by atoms with E-state index >= 15 is 8.78 Å². The van der Waals surface area contributed by atoms with Gasteiger partial charge in [-0.2, -0.15) is 5.26 Å². The molecule has 0 bridgehead atoms. The number of carboxylic acid groups (broad SMARTS) is 1. The lowest BCUT2D eigenvalue weighted by molar-refractivity contribution is -0.0589. The van der Waals surface area contributed by atoms with Crippen LogP contribution >= 0.6 is 0 Å². The molecular formula is C32H22F4N4O4. The van der Waals surface area contributed by atoms with Gasteiger partial charge in [0.15, 0.2) is 0 Å². The lowest BCUT2D eigenvalue weighted by Crippen LogP contribution is -2.31. The van der Waals surface area contributed by atoms with Crippen LogP contribution in [0.2, 0.25) is 0 Å². The summed E-state index contributed by atoms with van der Waals surface area (Å²) in [5, 5.41) is 18.3. The molecule has 8 nitrogen and oxygen atoms in total. The quantitative estimate of drug-likeness (QED) is 0.201. The molecule has 1 fully saturated rings. The Morgan fingerprint density at radius 1 is 1.00 bits per heavy atom. The van der Waals surface area contributed by atoms with Crippen LogP contribution in [0.4, 0.5) is 17.6 Å². The number of nitrogens with zero attached hydrogens (tertiary/aromatic N) is 4. The van der Waals surface area contributed by atoms with Crippen LogP contribution in [0.5, 0.6) is 5.88 Å². The average molecular weight is 603 g/mol. The summed E-state index contributed by atoms with van der Waals surface area (Å²) >= 11 is 0. The second-order valence-corrected chi connectivity index (χ2v) is 10.2. The number of carboxylic acids is 1. The van der Waals surface area contributed by atoms with Gasteiger partial charge in [-0.15, -0.1) is 0 Å². The zero-order valence-corrected chi connectivity index (χ0v) is 22.9. The molecule has 1 saturated heterocycles. The smallest absolute Gasteiger partial charge is 0.338 e. The first kappa shape index (κ1) is 28.8. The molecule has 5 aromatic rings. The first-order valence-corrected chi connectivity index (χ1v) is 13.5. The van der Waals surface area contributed by atoms with E-state index in [1.54, 1.807) is 4.57 Å². The molecular weight excluding hydrogens is 580 g/mol. The molecule has 0 unspecified atom stereocenters. The van der Waals surface area contributed by atoms with Crippen LogP contribution in [0.3, 0.4) is 0 Å². The fraction of sp³-hybridized carbons (Fsp3) is 0.188. The normalized spacial score (nSPS) is 14.3. The number of imidazole rings is 1. The Labute approximate surface area is 247 Å². The molecule has 1 atom stereocenters. The number of nitriles is 1. The van der Waals surface area contributed by atoms with Crippen LogP contribution < -0.4 is 4.74 Å². The van der Waals surface area contributed by atoms with E-state index < -0.39 is 34.8 Å². The first-order chi connectivity index (χ1) is 21.2. The molecule has 222 valence electrons. The standard InChI is InChI=1S/C32H22F4N4O4/c33-23-8-17(14-37)4-5-18(23)16-44-31-3-1-2-27(39-31)21-11-24(34)19(9-25(21)35)10-30-38-28-13-26(36)22(32(41)42)12-29(28)40(30)15-20-6-7-43-20/h1-5,8-9,11-13,20H,6-7,10,15-16H2,(H,41,42)/t20-/m0/s1. The fourth-order valence-corrected chi connectivity index (χ4v) is 4.95. The number of benzene rings is 3. The Morgan fingerprint density at radius 3 is 2.50 bits per heavy atom. The predicted octanol–water partition coefficient (Wildman–Crippen LogP) is 6.18. The molecule has 0 saturated carbocycles. The topological polar surface area (TPSA) is 110 Å². The van der Waals surface area contributed by atoms with Crippen LogP contribution in [0.15, 0.2) is 60.7 Å². The Morgan fingerprint density at radius 2 is 1.80 bits per heavy atom. The SMILES string of the molecule is N#Cc1ccc(COc2cccc(-c3cc(F)c(Cc4nc5cc(F)c(C(=O)O)cc5n4C[C@@H]4CCO4)cc3F)n2)c(F)c1. The van der Waals surface area contributed by atoms with E-state index in [4.69, 9.17) is 14.7 Å². The summed E-state index contributed by atoms with van der Waals surface area (Å²) in [5.41, 5.74) is 0.271. The van der Waals surface area contributed by atoms with Crippen molar-refractivity contribution in [3.05, 3.63) is 112 Å². The monoisotopic (exact) mass is 602 g/mol. The predicted molar refractivity (Wildman–Crippen MR) is 149 cm³/mol. The molecule has 3 heterocycles. The molecule has 1 aliphatic heterocycles. The van der Waals surface area contributed by atoms with Gasteiger partial charge in [0.2, 0.25) is 5.88 Å². The molecule has 0 spiro atoms. The van der Waals surface area contributed by atoms with Gasteiger partial charge in [0, 0.05) is 36.3 Å². The van der Waals surface area contributed by atoms with E-state index in [0.29, 0.717) is 12.1 Å². The Hall–Kier alpha value is -5.28. The number of rotatable bonds is 9. The van der Waals surface area contributed by atoms with Crippen molar-refractivity contribution in [2.24, 2.45) is 0 Å². The van der Waals surface area contributed by atoms with Gasteiger partial charge in [0.05, 0.1) is 46.6 Å². The second-order valence-electron chi connectivity index (χ2n) is 10.2. The number of aromatic carboxylic acids is 1. The lowest BCUT2D eigenvalue weighted by Gasteiger charge is -2.27. The third kappa shape index (κ3) is 5.69. The highest BCUT2D eigenvalue weighted by Gasteiger charge is 2.25. The lowest BCUT2D eigenvalue weighted by atomic mass is 10.0. The van der Waals surface area contributed by atoms with E-state index in [9.17, 15) is 18.7 Å². The van der Waals surface area contributed by atoms with E-state index in [0.717, 1.165) is 30.7 Å². The largest absolute Gasteiger partial charge is 0.478 e. The molecule has 0 aliphatic carbocycles. The van der Waals surface area contributed by atoms with E-state index in [1.165, 1.54) is 36.4 Å². The summed E-state index contributed by atoms with van der Waals surface area (Å²) in [6.45, 7) is 0.645. The molecule has 2 aromatic heterocycles. The number of carbonyl (C=O) groups is 1. The van der Waals surface area contributed by atoms with Crippen molar-refractivity contribution in [2.45, 2.75) is 32.1 Å². The summed E-state index contributed by atoms with van der Waals surface area (Å²) < 4.78 is 72.2. The highest BCUT2D eigenvalue weighted by molar-refractivity contribution is 5.93. The van der Waals surface area contributed by atoms with E-state index in [1.807, 2.05) is 6.07 Å². The number of ether oxygens (including phenoxy) is 2. The van der Waals surface area contributed by atoms with Gasteiger partial charge in [-0.1, -0.05) is 12.1 Å². The zero-order chi connectivity index (χ0) is 31.0. The highest BCUT2D eigenvalue weighted by atomic mass is 19.1. The first-order valence-electron chi connectivity index (χ1n) is 13.5. The Bertz CT molecular complexity index is 1970. The highest BCUT2D eigenvalue weighted by Crippen LogP contribution is 2.29. The van der Waals surface area contributed by atoms with E-state index in [2.05, 4.69) is 9.97 Å². The summed E-state index contributed by atoms with van der Waals surface area (Å²) in [5.74, 6) is -4.19. The minimum Gasteiger partial charge on any atom is -0.478 e.